The van der Waals surface area contributed by atoms with Crippen LogP contribution in [0.15, 0.2) is 59.7 Å². The Kier molecular flexibility index (Phi) is 3.00. The predicted molar refractivity (Wildman–Crippen MR) is 83.2 cm³/mol. The summed E-state index contributed by atoms with van der Waals surface area (Å²) in [7, 11) is 0. The maximum Gasteiger partial charge on any atom is 0.164 e. The van der Waals surface area contributed by atoms with E-state index in [-0.39, 0.29) is 5.82 Å². The highest BCUT2D eigenvalue weighted by Gasteiger charge is 2.11. The Bertz CT molecular complexity index is 958. The summed E-state index contributed by atoms with van der Waals surface area (Å²) in [4.78, 5) is 8.58. The summed E-state index contributed by atoms with van der Waals surface area (Å²) in [6, 6.07) is 9.97. The zero-order valence-corrected chi connectivity index (χ0v) is 12.8. The van der Waals surface area contributed by atoms with Gasteiger partial charge in [-0.25, -0.2) is 19.0 Å². The van der Waals surface area contributed by atoms with Crippen LogP contribution in [0.2, 0.25) is 0 Å². The van der Waals surface area contributed by atoms with Gasteiger partial charge >= 0.3 is 0 Å². The van der Waals surface area contributed by atoms with E-state index in [4.69, 9.17) is 0 Å². The fourth-order valence-electron chi connectivity index (χ4n) is 2.29. The second-order valence-corrected chi connectivity index (χ2v) is 5.51. The largest absolute Gasteiger partial charge is 0.293 e. The van der Waals surface area contributed by atoms with Crippen LogP contribution in [0.4, 0.5) is 4.39 Å². The lowest BCUT2D eigenvalue weighted by Crippen LogP contribution is -2.00. The Morgan fingerprint density at radius 3 is 2.64 bits per heavy atom. The van der Waals surface area contributed by atoms with E-state index in [0.717, 1.165) is 21.5 Å². The summed E-state index contributed by atoms with van der Waals surface area (Å²) in [6.07, 6.45) is 5.14. The lowest BCUT2D eigenvalue weighted by molar-refractivity contribution is 0.627. The molecule has 0 N–H and O–H groups in total. The molecule has 0 aliphatic carbocycles. The van der Waals surface area contributed by atoms with Crippen LogP contribution in [0.5, 0.6) is 0 Å². The minimum Gasteiger partial charge on any atom is -0.293 e. The quantitative estimate of drug-likeness (QED) is 0.551. The number of hydrogen-bond acceptors (Lipinski definition) is 3. The molecule has 3 aromatic heterocycles. The molecule has 1 aromatic carbocycles. The molecule has 0 saturated carbocycles. The molecule has 3 heterocycles. The van der Waals surface area contributed by atoms with Crippen molar-refractivity contribution >= 4 is 21.6 Å². The molecular weight excluding hydrogens is 349 g/mol. The second kappa shape index (κ2) is 5.03. The third-order valence-electron chi connectivity index (χ3n) is 3.34. The number of benzene rings is 1. The molecule has 0 unspecified atom stereocenters. The van der Waals surface area contributed by atoms with Gasteiger partial charge in [-0.1, -0.05) is 0 Å². The molecular formula is C15H9BrFN5. The SMILES string of the molecule is Fc1ccc(-n2ncnc2-c2ccc3ncc(Br)n3c2)cc1. The first-order valence-corrected chi connectivity index (χ1v) is 7.30. The number of rotatable bonds is 2. The van der Waals surface area contributed by atoms with Crippen LogP contribution in [-0.2, 0) is 0 Å². The molecule has 0 fully saturated rings. The Balaban J connectivity index is 1.87. The third kappa shape index (κ3) is 2.10. The molecule has 5 nitrogen and oxygen atoms in total. The van der Waals surface area contributed by atoms with Crippen molar-refractivity contribution in [3.63, 3.8) is 0 Å². The fraction of sp³-hybridized carbons (Fsp3) is 0. The Labute approximate surface area is 133 Å². The maximum atomic E-state index is 13.1. The smallest absolute Gasteiger partial charge is 0.164 e. The molecule has 108 valence electrons. The number of imidazole rings is 1. The summed E-state index contributed by atoms with van der Waals surface area (Å²) in [6.45, 7) is 0. The van der Waals surface area contributed by atoms with Crippen molar-refractivity contribution in [2.24, 2.45) is 0 Å². The van der Waals surface area contributed by atoms with Crippen molar-refractivity contribution in [1.82, 2.24) is 24.1 Å². The summed E-state index contributed by atoms with van der Waals surface area (Å²) in [5.74, 6) is 0.392. The van der Waals surface area contributed by atoms with Gasteiger partial charge in [-0.05, 0) is 52.3 Å². The van der Waals surface area contributed by atoms with E-state index in [9.17, 15) is 4.39 Å². The van der Waals surface area contributed by atoms with Crippen LogP contribution in [-0.4, -0.2) is 24.1 Å². The highest BCUT2D eigenvalue weighted by Crippen LogP contribution is 2.22. The molecule has 0 radical (unpaired) electrons. The summed E-state index contributed by atoms with van der Waals surface area (Å²) < 4.78 is 17.5. The van der Waals surface area contributed by atoms with Gasteiger partial charge in [-0.15, -0.1) is 0 Å². The number of halogens is 2. The van der Waals surface area contributed by atoms with Gasteiger partial charge in [0.15, 0.2) is 5.82 Å². The lowest BCUT2D eigenvalue weighted by Gasteiger charge is -2.07. The molecule has 0 saturated heterocycles. The molecule has 0 spiro atoms. The van der Waals surface area contributed by atoms with Gasteiger partial charge in [-0.3, -0.25) is 4.40 Å². The van der Waals surface area contributed by atoms with Crippen molar-refractivity contribution in [1.29, 1.82) is 0 Å². The topological polar surface area (TPSA) is 48.0 Å². The zero-order chi connectivity index (χ0) is 15.1. The molecule has 0 bridgehead atoms. The van der Waals surface area contributed by atoms with E-state index in [2.05, 4.69) is 31.0 Å². The molecule has 0 aliphatic heterocycles. The van der Waals surface area contributed by atoms with Gasteiger partial charge in [0.2, 0.25) is 0 Å². The maximum absolute atomic E-state index is 13.1. The molecule has 0 amide bonds. The van der Waals surface area contributed by atoms with E-state index in [1.165, 1.54) is 18.5 Å². The fourth-order valence-corrected chi connectivity index (χ4v) is 2.68. The number of aromatic nitrogens is 5. The summed E-state index contributed by atoms with van der Waals surface area (Å²) in [5, 5.41) is 4.23. The molecule has 22 heavy (non-hydrogen) atoms. The minimum atomic E-state index is -0.283. The lowest BCUT2D eigenvalue weighted by atomic mass is 10.2. The average molecular weight is 358 g/mol. The third-order valence-corrected chi connectivity index (χ3v) is 3.92. The van der Waals surface area contributed by atoms with Crippen LogP contribution >= 0.6 is 15.9 Å². The highest BCUT2D eigenvalue weighted by atomic mass is 79.9. The Hall–Kier alpha value is -2.54. The van der Waals surface area contributed by atoms with Crippen molar-refractivity contribution in [3.8, 4) is 17.1 Å². The van der Waals surface area contributed by atoms with Gasteiger partial charge < -0.3 is 0 Å². The standard InChI is InChI=1S/C15H9BrFN5/c16-13-7-18-14-6-1-10(8-21(13)14)15-19-9-20-22(15)12-4-2-11(17)3-5-12/h1-9H. The van der Waals surface area contributed by atoms with Crippen LogP contribution in [0, 0.1) is 5.82 Å². The number of nitrogens with zero attached hydrogens (tertiary/aromatic N) is 5. The van der Waals surface area contributed by atoms with Gasteiger partial charge in [0.1, 0.15) is 22.4 Å². The summed E-state index contributed by atoms with van der Waals surface area (Å²) in [5.41, 5.74) is 2.47. The number of hydrogen-bond donors (Lipinski definition) is 0. The van der Waals surface area contributed by atoms with E-state index in [0.29, 0.717) is 5.82 Å². The van der Waals surface area contributed by atoms with Crippen molar-refractivity contribution in [2.75, 3.05) is 0 Å². The first-order chi connectivity index (χ1) is 10.7. The Morgan fingerprint density at radius 2 is 1.82 bits per heavy atom. The zero-order valence-electron chi connectivity index (χ0n) is 11.2. The van der Waals surface area contributed by atoms with Crippen LogP contribution in [0.25, 0.3) is 22.7 Å². The van der Waals surface area contributed by atoms with Crippen LogP contribution in [0.1, 0.15) is 0 Å². The van der Waals surface area contributed by atoms with Gasteiger partial charge in [0, 0.05) is 11.8 Å². The molecule has 0 atom stereocenters. The normalized spacial score (nSPS) is 11.2. The highest BCUT2D eigenvalue weighted by molar-refractivity contribution is 9.10. The van der Waals surface area contributed by atoms with Crippen molar-refractivity contribution in [3.05, 3.63) is 65.5 Å². The molecule has 7 heteroatoms. The van der Waals surface area contributed by atoms with E-state index in [1.807, 2.05) is 22.7 Å². The predicted octanol–water partition coefficient (Wildman–Crippen LogP) is 3.48. The van der Waals surface area contributed by atoms with Gasteiger partial charge in [-0.2, -0.15) is 5.10 Å². The van der Waals surface area contributed by atoms with Crippen molar-refractivity contribution in [2.45, 2.75) is 0 Å². The van der Waals surface area contributed by atoms with Crippen molar-refractivity contribution < 1.29 is 4.39 Å². The number of pyridine rings is 1. The molecule has 4 rings (SSSR count). The second-order valence-electron chi connectivity index (χ2n) is 4.70. The first-order valence-electron chi connectivity index (χ1n) is 6.51. The van der Waals surface area contributed by atoms with Gasteiger partial charge in [0.05, 0.1) is 11.9 Å². The minimum absolute atomic E-state index is 0.283. The van der Waals surface area contributed by atoms with Crippen LogP contribution in [0.3, 0.4) is 0 Å². The van der Waals surface area contributed by atoms with E-state index in [1.54, 1.807) is 23.0 Å². The van der Waals surface area contributed by atoms with E-state index >= 15 is 0 Å². The summed E-state index contributed by atoms with van der Waals surface area (Å²) >= 11 is 3.45. The monoisotopic (exact) mass is 357 g/mol. The molecule has 0 aliphatic rings. The van der Waals surface area contributed by atoms with E-state index < -0.39 is 0 Å². The first kappa shape index (κ1) is 13.1. The van der Waals surface area contributed by atoms with Gasteiger partial charge in [0.25, 0.3) is 0 Å². The van der Waals surface area contributed by atoms with Crippen LogP contribution < -0.4 is 0 Å². The number of fused-ring (bicyclic) bond motifs is 1. The Morgan fingerprint density at radius 1 is 1.00 bits per heavy atom. The average Bonchev–Trinajstić information content (AvgIpc) is 3.15. The molecule has 4 aromatic rings.